The number of likely N-dealkylation sites (N-methyl/N-ethyl adjacent to an activating group) is 2. The Morgan fingerprint density at radius 1 is 0.500 bits per heavy atom. The molecule has 8 heteroatoms. The molecule has 0 saturated carbocycles. The first kappa shape index (κ1) is 35.5. The standard InChI is InChI=1S/C50H46N4O4/c1-51-37-21-11-9-19-35(37)49(47(51)57)43(45(55)33-15-5-3-6-16-33)41(39-23-13-29-53(39)49)31-25-27-32(28-26-31)42-40-24-14-30-54(40)50(44(42)46(56)34-17-7-4-8-18-34)36-20-10-12-22-38(36)52(2)48(50)58/h3-12,15-22,25-28,39-44H,13-14,23-24,29-30H2,1-2H3. The van der Waals surface area contributed by atoms with Crippen LogP contribution in [0.3, 0.4) is 0 Å². The zero-order valence-electron chi connectivity index (χ0n) is 32.8. The summed E-state index contributed by atoms with van der Waals surface area (Å²) in [5, 5.41) is 0. The number of fused-ring (bicyclic) bond motifs is 8. The third-order valence-corrected chi connectivity index (χ3v) is 15.0. The van der Waals surface area contributed by atoms with Gasteiger partial charge in [-0.3, -0.25) is 29.0 Å². The smallest absolute Gasteiger partial charge is 0.252 e. The predicted octanol–water partition coefficient (Wildman–Crippen LogP) is 7.55. The summed E-state index contributed by atoms with van der Waals surface area (Å²) >= 11 is 0. The third-order valence-electron chi connectivity index (χ3n) is 15.0. The van der Waals surface area contributed by atoms with Crippen LogP contribution in [-0.4, -0.2) is 72.4 Å². The summed E-state index contributed by atoms with van der Waals surface area (Å²) in [5.74, 6) is -1.91. The van der Waals surface area contributed by atoms with Gasteiger partial charge in [0, 0.05) is 71.6 Å². The second-order valence-electron chi connectivity index (χ2n) is 17.2. The monoisotopic (exact) mass is 766 g/mol. The molecule has 6 aliphatic rings. The number of benzene rings is 5. The molecule has 5 aromatic carbocycles. The van der Waals surface area contributed by atoms with Gasteiger partial charge in [0.2, 0.25) is 0 Å². The SMILES string of the molecule is CN1C(=O)C2(c3ccccc31)C(C(=O)c1ccccc1)C(c1ccc(C3C4CCCN4C4(C(=O)N(C)c5ccccc54)C3C(=O)c3ccccc3)cc1)C1CCCN12. The van der Waals surface area contributed by atoms with Crippen molar-refractivity contribution in [2.24, 2.45) is 11.8 Å². The minimum absolute atomic E-state index is 0.0114. The molecule has 11 rings (SSSR count). The van der Waals surface area contributed by atoms with Gasteiger partial charge in [-0.2, -0.15) is 0 Å². The summed E-state index contributed by atoms with van der Waals surface area (Å²) in [6, 6.07) is 43.6. The van der Waals surface area contributed by atoms with Crippen molar-refractivity contribution in [2.75, 3.05) is 37.0 Å². The molecular weight excluding hydrogens is 721 g/mol. The molecule has 0 bridgehead atoms. The van der Waals surface area contributed by atoms with Gasteiger partial charge < -0.3 is 9.80 Å². The summed E-state index contributed by atoms with van der Waals surface area (Å²) in [6.45, 7) is 1.47. The lowest BCUT2D eigenvalue weighted by Crippen LogP contribution is -2.54. The van der Waals surface area contributed by atoms with Gasteiger partial charge in [0.05, 0.1) is 11.8 Å². The van der Waals surface area contributed by atoms with Gasteiger partial charge in [0.15, 0.2) is 11.6 Å². The number of rotatable bonds is 6. The van der Waals surface area contributed by atoms with Crippen molar-refractivity contribution < 1.29 is 19.2 Å². The number of ketones is 2. The fourth-order valence-electron chi connectivity index (χ4n) is 12.9. The van der Waals surface area contributed by atoms with Gasteiger partial charge >= 0.3 is 0 Å². The molecule has 4 fully saturated rings. The highest BCUT2D eigenvalue weighted by Gasteiger charge is 2.72. The lowest BCUT2D eigenvalue weighted by molar-refractivity contribution is -0.130. The van der Waals surface area contributed by atoms with Gasteiger partial charge in [-0.25, -0.2) is 0 Å². The fraction of sp³-hybridized carbons (Fsp3) is 0.320. The minimum Gasteiger partial charge on any atom is -0.313 e. The Kier molecular flexibility index (Phi) is 7.89. The van der Waals surface area contributed by atoms with Gasteiger partial charge in [-0.15, -0.1) is 0 Å². The van der Waals surface area contributed by atoms with Gasteiger partial charge in [0.1, 0.15) is 11.1 Å². The van der Waals surface area contributed by atoms with Crippen LogP contribution in [0.2, 0.25) is 0 Å². The van der Waals surface area contributed by atoms with Crippen molar-refractivity contribution in [1.29, 1.82) is 0 Å². The Balaban J connectivity index is 1.07. The van der Waals surface area contributed by atoms with Crippen molar-refractivity contribution in [2.45, 2.75) is 60.7 Å². The molecule has 6 aliphatic heterocycles. The highest BCUT2D eigenvalue weighted by molar-refractivity contribution is 6.14. The molecule has 5 aromatic rings. The van der Waals surface area contributed by atoms with Crippen LogP contribution in [0.1, 0.15) is 80.5 Å². The summed E-state index contributed by atoms with van der Waals surface area (Å²) in [4.78, 5) is 68.4. The summed E-state index contributed by atoms with van der Waals surface area (Å²) < 4.78 is 0. The maximum absolute atomic E-state index is 15.2. The van der Waals surface area contributed by atoms with E-state index in [1.807, 2.05) is 111 Å². The highest BCUT2D eigenvalue weighted by Crippen LogP contribution is 2.64. The van der Waals surface area contributed by atoms with E-state index in [2.05, 4.69) is 46.2 Å². The number of amides is 2. The third kappa shape index (κ3) is 4.42. The predicted molar refractivity (Wildman–Crippen MR) is 223 cm³/mol. The zero-order chi connectivity index (χ0) is 39.5. The van der Waals surface area contributed by atoms with Crippen LogP contribution in [0, 0.1) is 11.8 Å². The molecule has 0 N–H and O–H groups in total. The molecule has 290 valence electrons. The van der Waals surface area contributed by atoms with E-state index in [0.29, 0.717) is 11.1 Å². The lowest BCUT2D eigenvalue weighted by atomic mass is 9.67. The molecular formula is C50H46N4O4. The van der Waals surface area contributed by atoms with E-state index >= 15 is 9.59 Å². The molecule has 6 heterocycles. The molecule has 4 saturated heterocycles. The second kappa shape index (κ2) is 12.9. The summed E-state index contributed by atoms with van der Waals surface area (Å²) in [5.41, 5.74) is 4.56. The van der Waals surface area contributed by atoms with E-state index in [1.165, 1.54) is 0 Å². The normalized spacial score (nSPS) is 31.0. The molecule has 8 nitrogen and oxygen atoms in total. The number of para-hydroxylation sites is 2. The van der Waals surface area contributed by atoms with E-state index in [1.54, 1.807) is 9.80 Å². The number of hydrogen-bond donors (Lipinski definition) is 0. The summed E-state index contributed by atoms with van der Waals surface area (Å²) in [6.07, 6.45) is 3.66. The van der Waals surface area contributed by atoms with Crippen LogP contribution in [-0.2, 0) is 20.7 Å². The van der Waals surface area contributed by atoms with Crippen LogP contribution in [0.25, 0.3) is 0 Å². The van der Waals surface area contributed by atoms with Gasteiger partial charge in [0.25, 0.3) is 11.8 Å². The fourth-order valence-corrected chi connectivity index (χ4v) is 12.9. The maximum Gasteiger partial charge on any atom is 0.252 e. The van der Waals surface area contributed by atoms with Gasteiger partial charge in [-0.05, 0) is 62.0 Å². The second-order valence-corrected chi connectivity index (χ2v) is 17.2. The molecule has 0 aliphatic carbocycles. The van der Waals surface area contributed by atoms with E-state index in [4.69, 9.17) is 0 Å². The first-order valence-electron chi connectivity index (χ1n) is 20.9. The number of hydrogen-bond acceptors (Lipinski definition) is 6. The molecule has 2 amide bonds. The summed E-state index contributed by atoms with van der Waals surface area (Å²) in [7, 11) is 3.68. The molecule has 58 heavy (non-hydrogen) atoms. The van der Waals surface area contributed by atoms with Crippen molar-refractivity contribution in [3.05, 3.63) is 167 Å². The topological polar surface area (TPSA) is 81.2 Å². The average molecular weight is 767 g/mol. The molecule has 8 atom stereocenters. The minimum atomic E-state index is -1.12. The van der Waals surface area contributed by atoms with Crippen molar-refractivity contribution >= 4 is 34.8 Å². The number of Topliss-reactive ketones (excluding diaryl/α,β-unsaturated/α-hetero) is 2. The Morgan fingerprint density at radius 2 is 0.862 bits per heavy atom. The van der Waals surface area contributed by atoms with E-state index in [-0.39, 0.29) is 47.3 Å². The first-order valence-corrected chi connectivity index (χ1v) is 20.9. The molecule has 0 aromatic heterocycles. The number of anilines is 2. The van der Waals surface area contributed by atoms with Crippen molar-refractivity contribution in [3.63, 3.8) is 0 Å². The Bertz CT molecular complexity index is 2330. The van der Waals surface area contributed by atoms with Crippen LogP contribution in [0.4, 0.5) is 11.4 Å². The maximum atomic E-state index is 15.2. The Hall–Kier alpha value is -5.70. The average Bonchev–Trinajstić information content (AvgIpc) is 4.11. The van der Waals surface area contributed by atoms with Crippen LogP contribution in [0.5, 0.6) is 0 Å². The molecule has 8 unspecified atom stereocenters. The van der Waals surface area contributed by atoms with Crippen LogP contribution >= 0.6 is 0 Å². The van der Waals surface area contributed by atoms with E-state index in [9.17, 15) is 9.59 Å². The molecule has 0 radical (unpaired) electrons. The van der Waals surface area contributed by atoms with Crippen molar-refractivity contribution in [3.8, 4) is 0 Å². The number of nitrogens with zero attached hydrogens (tertiary/aromatic N) is 4. The van der Waals surface area contributed by atoms with Crippen molar-refractivity contribution in [1.82, 2.24) is 9.80 Å². The number of carbonyl (C=O) groups excluding carboxylic acids is 4. The Morgan fingerprint density at radius 3 is 1.26 bits per heavy atom. The van der Waals surface area contributed by atoms with E-state index in [0.717, 1.165) is 72.4 Å². The largest absolute Gasteiger partial charge is 0.313 e. The van der Waals surface area contributed by atoms with E-state index < -0.39 is 22.9 Å². The highest BCUT2D eigenvalue weighted by atomic mass is 16.2. The van der Waals surface area contributed by atoms with Crippen LogP contribution < -0.4 is 9.80 Å². The zero-order valence-corrected chi connectivity index (χ0v) is 32.8. The quantitative estimate of drug-likeness (QED) is 0.166. The number of carbonyl (C=O) groups is 4. The van der Waals surface area contributed by atoms with Crippen LogP contribution in [0.15, 0.2) is 133 Å². The lowest BCUT2D eigenvalue weighted by Gasteiger charge is -2.37. The Labute approximate surface area is 339 Å². The first-order chi connectivity index (χ1) is 28.3. The van der Waals surface area contributed by atoms with Gasteiger partial charge in [-0.1, -0.05) is 121 Å². The molecule has 2 spiro atoms.